The summed E-state index contributed by atoms with van der Waals surface area (Å²) in [4.78, 5) is 25.8. The summed E-state index contributed by atoms with van der Waals surface area (Å²) in [5.41, 5.74) is 0. The van der Waals surface area contributed by atoms with Gasteiger partial charge in [-0.05, 0) is 5.92 Å². The van der Waals surface area contributed by atoms with E-state index in [-0.39, 0.29) is 18.4 Å². The predicted octanol–water partition coefficient (Wildman–Crippen LogP) is 1.10. The number of amides is 2. The smallest absolute Gasteiger partial charge is 0.319 e. The molecule has 0 bridgehead atoms. The molecule has 0 aromatic heterocycles. The van der Waals surface area contributed by atoms with Gasteiger partial charge in [-0.1, -0.05) is 13.8 Å². The van der Waals surface area contributed by atoms with E-state index in [1.54, 1.807) is 16.8 Å². The van der Waals surface area contributed by atoms with Crippen LogP contribution < -0.4 is 0 Å². The average molecular weight is 228 g/mol. The largest absolute Gasteiger partial charge is 0.481 e. The van der Waals surface area contributed by atoms with Crippen LogP contribution in [-0.4, -0.2) is 53.6 Å². The maximum Gasteiger partial charge on any atom is 0.319 e. The molecule has 16 heavy (non-hydrogen) atoms. The summed E-state index contributed by atoms with van der Waals surface area (Å²) in [5, 5.41) is 8.76. The molecule has 92 valence electrons. The van der Waals surface area contributed by atoms with Crippen molar-refractivity contribution < 1.29 is 14.7 Å². The number of nitrogens with zero attached hydrogens (tertiary/aromatic N) is 2. The second-order valence-corrected chi connectivity index (χ2v) is 4.93. The molecule has 0 spiro atoms. The van der Waals surface area contributed by atoms with Gasteiger partial charge in [0.25, 0.3) is 0 Å². The minimum absolute atomic E-state index is 0.00957. The number of hydrogen-bond donors (Lipinski definition) is 1. The second-order valence-electron chi connectivity index (χ2n) is 4.93. The van der Waals surface area contributed by atoms with Crippen LogP contribution in [0, 0.1) is 11.8 Å². The lowest BCUT2D eigenvalue weighted by Crippen LogP contribution is -2.53. The Kier molecular flexibility index (Phi) is 4.15. The standard InChI is InChI=1S/C11H20N2O3/c1-8(2)5-13-7-9(4-10(14)15)6-12(3)11(13)16/h8-9H,4-7H2,1-3H3,(H,14,15). The molecule has 0 radical (unpaired) electrons. The SMILES string of the molecule is CC(C)CN1CC(CC(=O)O)CN(C)C1=O. The molecule has 5 nitrogen and oxygen atoms in total. The topological polar surface area (TPSA) is 60.9 Å². The molecule has 1 aliphatic heterocycles. The van der Waals surface area contributed by atoms with Gasteiger partial charge in [0.15, 0.2) is 0 Å². The van der Waals surface area contributed by atoms with Gasteiger partial charge in [-0.2, -0.15) is 0 Å². The van der Waals surface area contributed by atoms with Crippen molar-refractivity contribution in [3.05, 3.63) is 0 Å². The predicted molar refractivity (Wildman–Crippen MR) is 60.2 cm³/mol. The Morgan fingerprint density at radius 2 is 2.12 bits per heavy atom. The van der Waals surface area contributed by atoms with Crippen LogP contribution in [0.5, 0.6) is 0 Å². The van der Waals surface area contributed by atoms with E-state index in [0.29, 0.717) is 25.6 Å². The zero-order valence-electron chi connectivity index (χ0n) is 10.1. The lowest BCUT2D eigenvalue weighted by atomic mass is 10.0. The number of carboxylic acids is 1. The molecule has 1 rings (SSSR count). The molecule has 0 saturated carbocycles. The lowest BCUT2D eigenvalue weighted by molar-refractivity contribution is -0.138. The molecule has 1 N–H and O–H groups in total. The Morgan fingerprint density at radius 1 is 1.50 bits per heavy atom. The number of carbonyl (C=O) groups is 2. The summed E-state index contributed by atoms with van der Waals surface area (Å²) in [6, 6.07) is 0.00957. The van der Waals surface area contributed by atoms with Crippen molar-refractivity contribution >= 4 is 12.0 Å². The molecule has 1 heterocycles. The third-order valence-corrected chi connectivity index (χ3v) is 2.66. The molecule has 1 aliphatic rings. The summed E-state index contributed by atoms with van der Waals surface area (Å²) >= 11 is 0. The van der Waals surface area contributed by atoms with Crippen LogP contribution >= 0.6 is 0 Å². The van der Waals surface area contributed by atoms with E-state index in [1.165, 1.54) is 0 Å². The first kappa shape index (κ1) is 12.8. The quantitative estimate of drug-likeness (QED) is 0.783. The minimum Gasteiger partial charge on any atom is -0.481 e. The molecule has 0 aromatic rings. The zero-order valence-corrected chi connectivity index (χ0v) is 10.1. The fourth-order valence-electron chi connectivity index (χ4n) is 2.12. The van der Waals surface area contributed by atoms with Crippen LogP contribution in [0.2, 0.25) is 0 Å². The number of carbonyl (C=O) groups excluding carboxylic acids is 1. The van der Waals surface area contributed by atoms with E-state index in [9.17, 15) is 9.59 Å². The molecule has 0 aromatic carbocycles. The van der Waals surface area contributed by atoms with Gasteiger partial charge in [-0.25, -0.2) is 4.79 Å². The molecule has 1 atom stereocenters. The highest BCUT2D eigenvalue weighted by atomic mass is 16.4. The van der Waals surface area contributed by atoms with Gasteiger partial charge in [0.1, 0.15) is 0 Å². The van der Waals surface area contributed by atoms with E-state index in [2.05, 4.69) is 0 Å². The highest BCUT2D eigenvalue weighted by Crippen LogP contribution is 2.17. The molecule has 5 heteroatoms. The van der Waals surface area contributed by atoms with E-state index in [1.807, 2.05) is 13.8 Å². The molecular formula is C11H20N2O3. The van der Waals surface area contributed by atoms with E-state index < -0.39 is 5.97 Å². The third kappa shape index (κ3) is 3.40. The van der Waals surface area contributed by atoms with E-state index in [0.717, 1.165) is 0 Å². The first-order valence-electron chi connectivity index (χ1n) is 5.62. The molecule has 1 unspecified atom stereocenters. The fraction of sp³-hybridized carbons (Fsp3) is 0.818. The minimum atomic E-state index is -0.794. The summed E-state index contributed by atoms with van der Waals surface area (Å²) in [7, 11) is 1.73. The summed E-state index contributed by atoms with van der Waals surface area (Å²) in [5.74, 6) is -0.350. The normalized spacial score (nSPS) is 21.8. The van der Waals surface area contributed by atoms with Gasteiger partial charge < -0.3 is 14.9 Å². The Morgan fingerprint density at radius 3 is 2.62 bits per heavy atom. The van der Waals surface area contributed by atoms with Crippen LogP contribution in [0.1, 0.15) is 20.3 Å². The van der Waals surface area contributed by atoms with Gasteiger partial charge in [0.2, 0.25) is 0 Å². The van der Waals surface area contributed by atoms with E-state index >= 15 is 0 Å². The summed E-state index contributed by atoms with van der Waals surface area (Å²) < 4.78 is 0. The van der Waals surface area contributed by atoms with Gasteiger partial charge in [-0.15, -0.1) is 0 Å². The third-order valence-electron chi connectivity index (χ3n) is 2.66. The number of carboxylic acid groups (broad SMARTS) is 1. The number of rotatable bonds is 4. The van der Waals surface area contributed by atoms with Gasteiger partial charge >= 0.3 is 12.0 Å². The van der Waals surface area contributed by atoms with E-state index in [4.69, 9.17) is 5.11 Å². The van der Waals surface area contributed by atoms with Crippen LogP contribution in [0.25, 0.3) is 0 Å². The maximum absolute atomic E-state index is 11.8. The monoisotopic (exact) mass is 228 g/mol. The van der Waals surface area contributed by atoms with Crippen molar-refractivity contribution in [3.8, 4) is 0 Å². The highest BCUT2D eigenvalue weighted by molar-refractivity contribution is 5.75. The van der Waals surface area contributed by atoms with Crippen molar-refractivity contribution in [1.82, 2.24) is 9.80 Å². The second kappa shape index (κ2) is 5.18. The van der Waals surface area contributed by atoms with Crippen molar-refractivity contribution in [3.63, 3.8) is 0 Å². The Hall–Kier alpha value is -1.26. The number of urea groups is 1. The van der Waals surface area contributed by atoms with Crippen molar-refractivity contribution in [2.24, 2.45) is 11.8 Å². The Balaban J connectivity index is 2.61. The summed E-state index contributed by atoms with van der Waals surface area (Å²) in [6.07, 6.45) is 0.131. The van der Waals surface area contributed by atoms with Crippen molar-refractivity contribution in [2.45, 2.75) is 20.3 Å². The van der Waals surface area contributed by atoms with Crippen molar-refractivity contribution in [1.29, 1.82) is 0 Å². The lowest BCUT2D eigenvalue weighted by Gasteiger charge is -2.38. The maximum atomic E-state index is 11.8. The molecular weight excluding hydrogens is 208 g/mol. The molecule has 1 saturated heterocycles. The van der Waals surface area contributed by atoms with Crippen LogP contribution in [0.3, 0.4) is 0 Å². The highest BCUT2D eigenvalue weighted by Gasteiger charge is 2.30. The summed E-state index contributed by atoms with van der Waals surface area (Å²) in [6.45, 7) is 5.90. The average Bonchev–Trinajstić information content (AvgIpc) is 2.11. The van der Waals surface area contributed by atoms with Crippen molar-refractivity contribution in [2.75, 3.05) is 26.7 Å². The molecule has 2 amide bonds. The first-order valence-corrected chi connectivity index (χ1v) is 5.62. The zero-order chi connectivity index (χ0) is 12.3. The Bertz CT molecular complexity index is 278. The number of aliphatic carboxylic acids is 1. The van der Waals surface area contributed by atoms with Gasteiger partial charge in [0, 0.05) is 32.6 Å². The van der Waals surface area contributed by atoms with Crippen LogP contribution in [0.15, 0.2) is 0 Å². The van der Waals surface area contributed by atoms with Crippen LogP contribution in [0.4, 0.5) is 4.79 Å². The van der Waals surface area contributed by atoms with Gasteiger partial charge in [0.05, 0.1) is 6.42 Å². The molecule has 0 aliphatic carbocycles. The fourth-order valence-corrected chi connectivity index (χ4v) is 2.12. The molecule has 1 fully saturated rings. The van der Waals surface area contributed by atoms with Gasteiger partial charge in [-0.3, -0.25) is 4.79 Å². The first-order chi connectivity index (χ1) is 7.40. The van der Waals surface area contributed by atoms with Crippen LogP contribution in [-0.2, 0) is 4.79 Å². The number of hydrogen-bond acceptors (Lipinski definition) is 2. The Labute approximate surface area is 96.0 Å².